The van der Waals surface area contributed by atoms with E-state index in [1.165, 1.54) is 43.3 Å². The van der Waals surface area contributed by atoms with Gasteiger partial charge in [-0.15, -0.1) is 0 Å². The summed E-state index contributed by atoms with van der Waals surface area (Å²) in [5.41, 5.74) is 5.15. The number of allylic oxidation sites excluding steroid dienone is 1. The highest BCUT2D eigenvalue weighted by Crippen LogP contribution is 2.34. The fourth-order valence-electron chi connectivity index (χ4n) is 15.5. The summed E-state index contributed by atoms with van der Waals surface area (Å²) < 4.78 is 64.1. The normalized spacial score (nSPS) is 28.6. The Kier molecular flexibility index (Phi) is 46.8. The molecule has 0 aromatic heterocycles. The van der Waals surface area contributed by atoms with E-state index in [0.29, 0.717) is 17.7 Å². The van der Waals surface area contributed by atoms with E-state index in [2.05, 4.69) is 54.8 Å². The number of cyclic esters (lactones) is 1. The predicted molar refractivity (Wildman–Crippen MR) is 470 cm³/mol. The van der Waals surface area contributed by atoms with Crippen molar-refractivity contribution in [2.45, 2.75) is 344 Å². The number of primary amides is 1. The molecular formula is C89H133N11O37. The molecule has 137 heavy (non-hydrogen) atoms. The molecule has 48 heteroatoms. The van der Waals surface area contributed by atoms with Crippen molar-refractivity contribution in [1.82, 2.24) is 52.8 Å². The molecule has 0 bridgehead atoms. The number of aliphatic hydroxyl groups excluding tert-OH is 8. The maximum atomic E-state index is 15.8. The van der Waals surface area contributed by atoms with Crippen LogP contribution in [0.25, 0.3) is 0 Å². The van der Waals surface area contributed by atoms with Gasteiger partial charge in [0.05, 0.1) is 44.2 Å². The molecule has 21 N–H and O–H groups in total. The summed E-state index contributed by atoms with van der Waals surface area (Å²) >= 11 is 0. The van der Waals surface area contributed by atoms with Gasteiger partial charge < -0.3 is 162 Å². The molecule has 4 aliphatic rings. The van der Waals surface area contributed by atoms with Crippen molar-refractivity contribution in [2.75, 3.05) is 33.4 Å². The number of unbranched alkanes of at least 4 members (excludes halogenated alkanes) is 10. The second-order valence-electron chi connectivity index (χ2n) is 34.0. The number of aromatic hydroxyl groups is 2. The Morgan fingerprint density at radius 1 is 0.606 bits per heavy atom. The number of phenolic OH excluding ortho intramolecular Hbond substituents is 2. The zero-order valence-electron chi connectivity index (χ0n) is 78.4. The number of amides is 11. The second-order valence-corrected chi connectivity index (χ2v) is 34.0. The van der Waals surface area contributed by atoms with Crippen molar-refractivity contribution in [3.63, 3.8) is 0 Å². The Labute approximate surface area is 790 Å². The molecule has 4 aliphatic heterocycles. The van der Waals surface area contributed by atoms with E-state index in [-0.39, 0.29) is 35.5 Å². The highest BCUT2D eigenvalue weighted by Gasteiger charge is 2.56. The standard InChI is InChI=1S/C89H133N11O37/c1-13-15-16-17-18-19-20-21-22-23-24-25-60(134-88-73(117)74(59(111)40-128-88)137-87-68(92-46(7)104)72(116)70(114)61(39-101)135-87)71(115)85(125)98-66(43(4)103)82(122)99-67-44(5)129-86(126)58(37-52-28-32-54(110)33-29-52)96-84(124)69(45(6)130-89-77(133-50(11)108)76(132-49(10)107)75(131-48(9)106)62(136-89)41-127-47(8)105)100(12)64(113)38-91-78(118)56(34-35-63(90)112)94-79(119)55(14-2)93-80(120)57(36-51-26-30-53(109)31-27-51)95-81(121)65(42(3)102)97-83(67)123/h14,26-33,42-45,56-62,65-77,87-89,101-103,109-111,114-117H,13,15-25,34-41H2,1-12H3,(H2,90,112)(H,91,118)(H,92,104)(H,93,120)(H,94,119)(H,95,121)(H,96,124)(H,97,123)(H,98,125)(H,99,122). The van der Waals surface area contributed by atoms with Crippen LogP contribution in [0, 0.1) is 0 Å². The maximum Gasteiger partial charge on any atom is 0.329 e. The summed E-state index contributed by atoms with van der Waals surface area (Å²) in [6.45, 7) is 8.62. The molecule has 11 amide bonds. The third-order valence-corrected chi connectivity index (χ3v) is 22.8. The van der Waals surface area contributed by atoms with Gasteiger partial charge in [0.15, 0.2) is 43.3 Å². The number of ether oxygens (including phenoxy) is 11. The lowest BCUT2D eigenvalue weighted by atomic mass is 9.96. The van der Waals surface area contributed by atoms with Crippen LogP contribution < -0.4 is 53.6 Å². The third-order valence-electron chi connectivity index (χ3n) is 22.8. The molecule has 2 aromatic carbocycles. The molecule has 6 rings (SSSR count). The number of likely N-dealkylation sites (N-methyl/N-ethyl adjacent to an activating group) is 1. The summed E-state index contributed by atoms with van der Waals surface area (Å²) in [6.07, 6.45) is -28.9. The van der Waals surface area contributed by atoms with Crippen molar-refractivity contribution in [3.8, 4) is 11.5 Å². The molecule has 4 saturated heterocycles. The van der Waals surface area contributed by atoms with Gasteiger partial charge >= 0.3 is 29.8 Å². The zero-order valence-corrected chi connectivity index (χ0v) is 78.4. The summed E-state index contributed by atoms with van der Waals surface area (Å²) in [5.74, 6) is -20.5. The quantitative estimate of drug-likeness (QED) is 0.0129. The monoisotopic (exact) mass is 1950 g/mol. The average molecular weight is 1950 g/mol. The van der Waals surface area contributed by atoms with E-state index < -0.39 is 317 Å². The lowest BCUT2D eigenvalue weighted by Gasteiger charge is -2.46. The van der Waals surface area contributed by atoms with E-state index in [4.69, 9.17) is 57.8 Å². The highest BCUT2D eigenvalue weighted by atomic mass is 16.8. The molecule has 2 aromatic rings. The van der Waals surface area contributed by atoms with E-state index in [1.54, 1.807) is 0 Å². The smallest absolute Gasteiger partial charge is 0.329 e. The topological polar surface area (TPSA) is 714 Å². The van der Waals surface area contributed by atoms with Crippen LogP contribution in [0.15, 0.2) is 60.3 Å². The number of nitrogens with one attached hydrogen (secondary N) is 9. The molecule has 0 saturated carbocycles. The molecule has 4 heterocycles. The molecule has 27 atom stereocenters. The minimum atomic E-state index is -2.47. The van der Waals surface area contributed by atoms with Crippen LogP contribution in [0.2, 0.25) is 0 Å². The fraction of sp³-hybridized carbons (Fsp3) is 0.663. The lowest BCUT2D eigenvalue weighted by molar-refractivity contribution is -0.339. The number of aliphatic hydroxyl groups is 8. The van der Waals surface area contributed by atoms with Crippen molar-refractivity contribution < 1.29 is 180 Å². The number of nitrogens with zero attached hydrogens (tertiary/aromatic N) is 1. The van der Waals surface area contributed by atoms with Gasteiger partial charge in [-0.1, -0.05) is 108 Å². The number of hydrogen-bond donors (Lipinski definition) is 20. The maximum absolute atomic E-state index is 15.8. The minimum Gasteiger partial charge on any atom is -0.508 e. The summed E-state index contributed by atoms with van der Waals surface area (Å²) in [7, 11) is 0.965. The Balaban J connectivity index is 1.50. The summed E-state index contributed by atoms with van der Waals surface area (Å²) in [6, 6.07) is -6.77. The van der Waals surface area contributed by atoms with Crippen LogP contribution in [0.1, 0.15) is 177 Å². The van der Waals surface area contributed by atoms with Crippen LogP contribution in [-0.2, 0) is 142 Å². The number of benzene rings is 2. The molecule has 27 unspecified atom stereocenters. The number of rotatable bonds is 40. The first-order chi connectivity index (χ1) is 64.7. The first-order valence-electron chi connectivity index (χ1n) is 45.3. The molecule has 0 spiro atoms. The highest BCUT2D eigenvalue weighted by molar-refractivity contribution is 6.03. The number of nitrogens with two attached hydrogens (primary N) is 1. The van der Waals surface area contributed by atoms with Crippen LogP contribution in [-0.4, -0.2) is 349 Å². The molecule has 4 fully saturated rings. The van der Waals surface area contributed by atoms with Gasteiger partial charge in [0.25, 0.3) is 11.8 Å². The fourth-order valence-corrected chi connectivity index (χ4v) is 15.5. The van der Waals surface area contributed by atoms with Crippen LogP contribution in [0.4, 0.5) is 0 Å². The second kappa shape index (κ2) is 56.0. The lowest BCUT2D eigenvalue weighted by Crippen LogP contribution is -2.67. The Hall–Kier alpha value is -11.3. The molecular weight excluding hydrogens is 1820 g/mol. The van der Waals surface area contributed by atoms with Gasteiger partial charge in [-0.25, -0.2) is 4.79 Å². The van der Waals surface area contributed by atoms with Crippen molar-refractivity contribution in [1.29, 1.82) is 0 Å². The summed E-state index contributed by atoms with van der Waals surface area (Å²) in [4.78, 5) is 227. The first kappa shape index (κ1) is 114. The van der Waals surface area contributed by atoms with Crippen molar-refractivity contribution in [2.24, 2.45) is 5.73 Å². The Morgan fingerprint density at radius 2 is 1.16 bits per heavy atom. The van der Waals surface area contributed by atoms with Gasteiger partial charge in [-0.05, 0) is 82.9 Å². The van der Waals surface area contributed by atoms with E-state index in [0.717, 1.165) is 139 Å². The number of phenols is 2. The van der Waals surface area contributed by atoms with Gasteiger partial charge in [0.1, 0.15) is 121 Å². The number of hydrogen-bond acceptors (Lipinski definition) is 37. The number of carbonyl (C=O) groups excluding carboxylic acids is 16. The number of carbonyl (C=O) groups is 16. The van der Waals surface area contributed by atoms with Crippen molar-refractivity contribution in [3.05, 3.63) is 71.4 Å². The molecule has 766 valence electrons. The molecule has 0 radical (unpaired) electrons. The van der Waals surface area contributed by atoms with Crippen LogP contribution >= 0.6 is 0 Å². The van der Waals surface area contributed by atoms with Crippen LogP contribution in [0.5, 0.6) is 11.5 Å². The molecule has 48 nitrogen and oxygen atoms in total. The largest absolute Gasteiger partial charge is 0.508 e. The van der Waals surface area contributed by atoms with E-state index >= 15 is 19.2 Å². The Bertz CT molecular complexity index is 4410. The van der Waals surface area contributed by atoms with Gasteiger partial charge in [0.2, 0.25) is 53.2 Å². The first-order valence-corrected chi connectivity index (χ1v) is 45.3. The van der Waals surface area contributed by atoms with Gasteiger partial charge in [-0.3, -0.25) is 71.9 Å². The average Bonchev–Trinajstić information content (AvgIpc) is 0.796. The molecule has 0 aliphatic carbocycles. The van der Waals surface area contributed by atoms with Crippen molar-refractivity contribution >= 4 is 94.8 Å². The SMILES string of the molecule is CC=C1NC(=O)C(Cc2ccc(O)cc2)NC(=O)C(C(C)O)NC(=O)C(NC(=O)C(NC(=O)C(O)C(CCCCCCCCCCCCC)OC2OCC(O)C(OC3OC(CO)C(O)C(O)C3NC(C)=O)C2O)C(C)O)C(C)OC(=O)C(Cc2ccc(O)cc2)NC(=O)C(C(C)OC2OC(COC(C)=O)C(OC(C)=O)C(OC(C)=O)C2OC(C)=O)N(C)C(=O)CNC(=O)C(CCC(N)=O)NC1=O. The zero-order chi connectivity index (χ0) is 102. The van der Waals surface area contributed by atoms with Crippen LogP contribution in [0.3, 0.4) is 0 Å². The summed E-state index contributed by atoms with van der Waals surface area (Å²) in [5, 5.41) is 132. The van der Waals surface area contributed by atoms with Gasteiger partial charge in [0, 0.05) is 60.9 Å². The van der Waals surface area contributed by atoms with E-state index in [9.17, 15) is 109 Å². The Morgan fingerprint density at radius 3 is 1.70 bits per heavy atom. The number of esters is 5. The third kappa shape index (κ3) is 35.6. The minimum absolute atomic E-state index is 0.0880. The predicted octanol–water partition coefficient (Wildman–Crippen LogP) is -4.93. The van der Waals surface area contributed by atoms with Gasteiger partial charge in [-0.2, -0.15) is 0 Å². The van der Waals surface area contributed by atoms with E-state index in [1.807, 2.05) is 0 Å².